The van der Waals surface area contributed by atoms with Gasteiger partial charge in [-0.15, -0.1) is 23.2 Å². The lowest BCUT2D eigenvalue weighted by Crippen LogP contribution is -2.67. The zero-order valence-electron chi connectivity index (χ0n) is 18.9. The second-order valence-corrected chi connectivity index (χ2v) is 10.8. The summed E-state index contributed by atoms with van der Waals surface area (Å²) in [6.45, 7) is 1.96. The summed E-state index contributed by atoms with van der Waals surface area (Å²) in [7, 11) is 1.33. The van der Waals surface area contributed by atoms with Gasteiger partial charge in [0, 0.05) is 24.9 Å². The highest BCUT2D eigenvalue weighted by atomic mass is 35.5. The van der Waals surface area contributed by atoms with Crippen LogP contribution in [0.15, 0.2) is 49.5 Å². The number of alkyl halides is 2. The first-order valence-electron chi connectivity index (χ1n) is 11.0. The Hall–Kier alpha value is -2.46. The number of Topliss-reactive ketones (excluding diaryl/α,β-unsaturated/α-hetero) is 2. The van der Waals surface area contributed by atoms with Crippen LogP contribution in [0.4, 0.5) is 0 Å². The number of ketones is 2. The Labute approximate surface area is 224 Å². The molecule has 1 aliphatic heterocycles. The van der Waals surface area contributed by atoms with Crippen LogP contribution in [0.1, 0.15) is 30.9 Å². The highest BCUT2D eigenvalue weighted by Gasteiger charge is 2.71. The molecule has 0 amide bonds. The second kappa shape index (κ2) is 8.28. The van der Waals surface area contributed by atoms with E-state index in [1.54, 1.807) is 19.1 Å². The lowest BCUT2D eigenvalue weighted by atomic mass is 9.59. The van der Waals surface area contributed by atoms with Crippen molar-refractivity contribution in [3.05, 3.63) is 66.4 Å². The number of carbonyl (C=O) groups is 2. The molecule has 1 aromatic carbocycles. The van der Waals surface area contributed by atoms with Gasteiger partial charge in [-0.1, -0.05) is 41.4 Å². The Bertz CT molecular complexity index is 1530. The number of phenols is 1. The first-order valence-corrected chi connectivity index (χ1v) is 12.5. The largest absolute Gasteiger partial charge is 0.504 e. The number of aromatic nitrogens is 3. The molecule has 2 aromatic rings. The smallest absolute Gasteiger partial charge is 0.347 e. The normalized spacial score (nSPS) is 29.4. The van der Waals surface area contributed by atoms with Crippen LogP contribution in [0.2, 0.25) is 0 Å². The number of phenolic OH excluding ortho intramolecular Hbond substituents is 1. The van der Waals surface area contributed by atoms with Gasteiger partial charge >= 0.3 is 11.4 Å². The first kappa shape index (κ1) is 25.2. The minimum absolute atomic E-state index is 0.0160. The Morgan fingerprint density at radius 3 is 2.42 bits per heavy atom. The first-order chi connectivity index (χ1) is 16.9. The van der Waals surface area contributed by atoms with E-state index in [0.29, 0.717) is 5.57 Å². The van der Waals surface area contributed by atoms with Gasteiger partial charge in [0.2, 0.25) is 0 Å². The van der Waals surface area contributed by atoms with Crippen molar-refractivity contribution in [1.29, 1.82) is 0 Å². The molecule has 190 valence electrons. The number of para-hydroxylation sites is 1. The third-order valence-electron chi connectivity index (χ3n) is 7.14. The van der Waals surface area contributed by atoms with Crippen molar-refractivity contribution in [1.82, 2.24) is 13.9 Å². The number of benzene rings is 1. The van der Waals surface area contributed by atoms with Gasteiger partial charge in [-0.05, 0) is 18.6 Å². The quantitative estimate of drug-likeness (QED) is 0.445. The van der Waals surface area contributed by atoms with Gasteiger partial charge in [-0.3, -0.25) is 9.59 Å². The minimum atomic E-state index is -2.22. The number of allylic oxidation sites excluding steroid dienone is 4. The van der Waals surface area contributed by atoms with Crippen molar-refractivity contribution in [2.24, 2.45) is 7.05 Å². The third kappa shape index (κ3) is 2.97. The van der Waals surface area contributed by atoms with Gasteiger partial charge < -0.3 is 9.84 Å². The number of fused-ring (bicyclic) bond motifs is 4. The van der Waals surface area contributed by atoms with Gasteiger partial charge in [0.25, 0.3) is 0 Å². The fraction of sp³-hybridized carbons (Fsp3) is 0.391. The number of rotatable bonds is 3. The zero-order chi connectivity index (χ0) is 26.3. The molecule has 36 heavy (non-hydrogen) atoms. The summed E-state index contributed by atoms with van der Waals surface area (Å²) in [6, 6.07) is 3.69. The Kier molecular flexibility index (Phi) is 5.79. The number of aromatic hydroxyl groups is 1. The predicted octanol–water partition coefficient (Wildman–Crippen LogP) is 2.92. The molecule has 5 rings (SSSR count). The monoisotopic (exact) mass is 573 g/mol. The molecule has 3 aliphatic rings. The molecule has 0 unspecified atom stereocenters. The number of hydrogen-bond donors (Lipinski definition) is 1. The van der Waals surface area contributed by atoms with Crippen LogP contribution >= 0.6 is 46.4 Å². The summed E-state index contributed by atoms with van der Waals surface area (Å²) in [4.78, 5) is 48.5. The van der Waals surface area contributed by atoms with Crippen molar-refractivity contribution in [3.8, 4) is 11.5 Å². The molecule has 1 N–H and O–H groups in total. The summed E-state index contributed by atoms with van der Waals surface area (Å²) < 4.78 is 8.86. The maximum Gasteiger partial charge on any atom is 0.347 e. The van der Waals surface area contributed by atoms with Crippen LogP contribution < -0.4 is 16.1 Å². The second-order valence-electron chi connectivity index (χ2n) is 8.83. The highest BCUT2D eigenvalue weighted by Crippen LogP contribution is 2.64. The molecule has 0 radical (unpaired) electrons. The third-order valence-corrected chi connectivity index (χ3v) is 9.39. The summed E-state index contributed by atoms with van der Waals surface area (Å²) in [5, 5.41) is 10.0. The van der Waals surface area contributed by atoms with Gasteiger partial charge in [0.1, 0.15) is 19.8 Å². The van der Waals surface area contributed by atoms with E-state index in [0.717, 1.165) is 4.57 Å². The molecule has 0 bridgehead atoms. The molecule has 2 aliphatic carbocycles. The van der Waals surface area contributed by atoms with Crippen molar-refractivity contribution in [2.45, 2.75) is 41.6 Å². The summed E-state index contributed by atoms with van der Waals surface area (Å²) in [6.07, 6.45) is 1.32. The Balaban J connectivity index is 1.86. The van der Waals surface area contributed by atoms with Gasteiger partial charge in [0.15, 0.2) is 23.1 Å². The molecule has 1 aromatic heterocycles. The fourth-order valence-corrected chi connectivity index (χ4v) is 6.98. The van der Waals surface area contributed by atoms with Crippen molar-refractivity contribution >= 4 is 58.0 Å². The molecular formula is C23H19Cl4N3O6. The molecule has 13 heteroatoms. The average molecular weight is 575 g/mol. The van der Waals surface area contributed by atoms with Crippen molar-refractivity contribution in [3.63, 3.8) is 0 Å². The number of hydrogen-bond acceptors (Lipinski definition) is 6. The zero-order valence-corrected chi connectivity index (χ0v) is 22.0. The van der Waals surface area contributed by atoms with Crippen LogP contribution in [-0.2, 0) is 23.2 Å². The Morgan fingerprint density at radius 2 is 1.75 bits per heavy atom. The molecule has 2 heterocycles. The molecule has 4 atom stereocenters. The lowest BCUT2D eigenvalue weighted by Gasteiger charge is -2.54. The molecule has 9 nitrogen and oxygen atoms in total. The van der Waals surface area contributed by atoms with E-state index in [4.69, 9.17) is 51.1 Å². The van der Waals surface area contributed by atoms with Crippen LogP contribution in [0.25, 0.3) is 0 Å². The maximum absolute atomic E-state index is 13.7. The van der Waals surface area contributed by atoms with Crippen molar-refractivity contribution in [2.75, 3.05) is 6.61 Å². The van der Waals surface area contributed by atoms with Crippen LogP contribution in [0.3, 0.4) is 0 Å². The van der Waals surface area contributed by atoms with E-state index in [1.807, 2.05) is 0 Å². The topological polar surface area (TPSA) is 113 Å². The number of halogens is 4. The van der Waals surface area contributed by atoms with Crippen LogP contribution in [0, 0.1) is 0 Å². The minimum Gasteiger partial charge on any atom is -0.504 e. The number of nitrogens with zero attached hydrogens (tertiary/aromatic N) is 3. The van der Waals surface area contributed by atoms with Gasteiger partial charge in [-0.25, -0.2) is 23.5 Å². The number of ether oxygens (including phenoxy) is 1. The molecule has 1 fully saturated rings. The molecule has 0 saturated heterocycles. The van der Waals surface area contributed by atoms with E-state index >= 15 is 0 Å². The maximum atomic E-state index is 13.7. The number of carbonyl (C=O) groups excluding carboxylic acids is 2. The molecule has 0 spiro atoms. The van der Waals surface area contributed by atoms with E-state index in [2.05, 4.69) is 0 Å². The van der Waals surface area contributed by atoms with E-state index in [-0.39, 0.29) is 36.6 Å². The van der Waals surface area contributed by atoms with E-state index < -0.39 is 54.7 Å². The van der Waals surface area contributed by atoms with E-state index in [9.17, 15) is 24.3 Å². The predicted molar refractivity (Wildman–Crippen MR) is 134 cm³/mol. The van der Waals surface area contributed by atoms with E-state index in [1.165, 1.54) is 28.5 Å². The standard InChI is InChI=1S/C23H19Cl4N3O6/c1-3-36-13-6-4-5-11(17(13)31)14-10-7-8-29-20(34)28(2)21(35)30(29)12(10)9-22(26)18(32)15(24)16(25)19(33)23(14,22)27/h4-7,12,14,31H,3,8-9H2,1-2H3/t12-,14-,22-,23+/m1/s1. The summed E-state index contributed by atoms with van der Waals surface area (Å²) >= 11 is 26.4. The van der Waals surface area contributed by atoms with Crippen molar-refractivity contribution < 1.29 is 19.4 Å². The van der Waals surface area contributed by atoms with Crippen LogP contribution in [-0.4, -0.2) is 47.0 Å². The molecular weight excluding hydrogens is 556 g/mol. The highest BCUT2D eigenvalue weighted by molar-refractivity contribution is 6.66. The van der Waals surface area contributed by atoms with Crippen LogP contribution in [0.5, 0.6) is 11.5 Å². The SMILES string of the molecule is CCOc1cccc([C@H]2C3=CCn4c(=O)n(C)c(=O)n4[C@@H]3C[C@@]3(Cl)C(=O)C(Cl)=C(Cl)C(=O)[C@@]23Cl)c1O. The summed E-state index contributed by atoms with van der Waals surface area (Å²) in [5.74, 6) is -3.21. The van der Waals surface area contributed by atoms with Gasteiger partial charge in [0.05, 0.1) is 19.2 Å². The average Bonchev–Trinajstić information content (AvgIpc) is 3.08. The fourth-order valence-electron chi connectivity index (χ4n) is 5.47. The molecule has 1 saturated carbocycles. The Morgan fingerprint density at radius 1 is 1.08 bits per heavy atom. The van der Waals surface area contributed by atoms with Gasteiger partial charge in [-0.2, -0.15) is 0 Å². The summed E-state index contributed by atoms with van der Waals surface area (Å²) in [5.41, 5.74) is -0.647. The lowest BCUT2D eigenvalue weighted by molar-refractivity contribution is -0.128.